The van der Waals surface area contributed by atoms with Gasteiger partial charge in [-0.3, -0.25) is 5.32 Å². The van der Waals surface area contributed by atoms with Crippen molar-refractivity contribution in [3.05, 3.63) is 0 Å². The number of unbranched alkanes of at least 4 members (excludes halogenated alkanes) is 20. The van der Waals surface area contributed by atoms with Crippen molar-refractivity contribution in [2.75, 3.05) is 0 Å². The van der Waals surface area contributed by atoms with Crippen molar-refractivity contribution in [3.63, 3.8) is 0 Å². The SMILES string of the molecule is CCCCCCCCCCCCCCCCCCCCCCCC(O)NC(C)O. The van der Waals surface area contributed by atoms with Gasteiger partial charge in [0.2, 0.25) is 0 Å². The van der Waals surface area contributed by atoms with Crippen molar-refractivity contribution in [1.29, 1.82) is 0 Å². The summed E-state index contributed by atoms with van der Waals surface area (Å²) in [5.41, 5.74) is 0. The molecule has 0 amide bonds. The molecule has 0 heterocycles. The maximum Gasteiger partial charge on any atom is 0.106 e. The summed E-state index contributed by atoms with van der Waals surface area (Å²) in [5.74, 6) is 0. The minimum Gasteiger partial charge on any atom is -0.379 e. The largest absolute Gasteiger partial charge is 0.379 e. The molecule has 0 aromatic carbocycles. The third kappa shape index (κ3) is 25.8. The first kappa shape index (κ1) is 28.9. The molecular weight excluding hydrogens is 358 g/mol. The van der Waals surface area contributed by atoms with Crippen LogP contribution in [0.25, 0.3) is 0 Å². The van der Waals surface area contributed by atoms with E-state index in [0.29, 0.717) is 0 Å². The zero-order valence-electron chi connectivity index (χ0n) is 20.1. The molecule has 0 aromatic rings. The quantitative estimate of drug-likeness (QED) is 0.112. The zero-order valence-corrected chi connectivity index (χ0v) is 20.1. The molecular formula is C26H55NO2. The van der Waals surface area contributed by atoms with Gasteiger partial charge in [-0.25, -0.2) is 0 Å². The van der Waals surface area contributed by atoms with E-state index in [0.717, 1.165) is 12.8 Å². The molecule has 29 heavy (non-hydrogen) atoms. The van der Waals surface area contributed by atoms with Crippen LogP contribution in [0.1, 0.15) is 155 Å². The van der Waals surface area contributed by atoms with Crippen molar-refractivity contribution >= 4 is 0 Å². The van der Waals surface area contributed by atoms with Gasteiger partial charge in [0.25, 0.3) is 0 Å². The fourth-order valence-electron chi connectivity index (χ4n) is 4.13. The Labute approximate surface area is 183 Å². The summed E-state index contributed by atoms with van der Waals surface area (Å²) in [7, 11) is 0. The number of aliphatic hydroxyl groups is 2. The Hall–Kier alpha value is -0.120. The van der Waals surface area contributed by atoms with Crippen LogP contribution in [0.3, 0.4) is 0 Å². The normalized spacial score (nSPS) is 13.7. The van der Waals surface area contributed by atoms with Gasteiger partial charge in [-0.1, -0.05) is 135 Å². The molecule has 3 nitrogen and oxygen atoms in total. The average molecular weight is 414 g/mol. The highest BCUT2D eigenvalue weighted by molar-refractivity contribution is 4.55. The van der Waals surface area contributed by atoms with Crippen LogP contribution >= 0.6 is 0 Å². The Bertz CT molecular complexity index is 296. The summed E-state index contributed by atoms with van der Waals surface area (Å²) in [6.45, 7) is 3.93. The molecule has 176 valence electrons. The lowest BCUT2D eigenvalue weighted by molar-refractivity contribution is 0.0459. The Morgan fingerprint density at radius 2 is 0.759 bits per heavy atom. The van der Waals surface area contributed by atoms with Crippen molar-refractivity contribution in [2.24, 2.45) is 0 Å². The first-order valence-corrected chi connectivity index (χ1v) is 13.3. The molecule has 0 spiro atoms. The molecule has 0 aromatic heterocycles. The molecule has 0 radical (unpaired) electrons. The maximum atomic E-state index is 9.61. The number of rotatable bonds is 24. The number of nitrogens with one attached hydrogen (secondary N) is 1. The Balaban J connectivity index is 3.05. The van der Waals surface area contributed by atoms with E-state index in [9.17, 15) is 5.11 Å². The molecule has 0 saturated carbocycles. The van der Waals surface area contributed by atoms with Crippen molar-refractivity contribution in [3.8, 4) is 0 Å². The molecule has 0 aliphatic heterocycles. The van der Waals surface area contributed by atoms with Crippen LogP contribution in [0.15, 0.2) is 0 Å². The van der Waals surface area contributed by atoms with E-state index in [1.54, 1.807) is 6.92 Å². The standard InChI is InChI=1S/C26H55NO2/c1-3-4-5-6-7-8-9-10-11-12-13-14-15-16-17-18-19-20-21-22-23-24-26(29)27-25(2)28/h25-29H,3-24H2,1-2H3. The van der Waals surface area contributed by atoms with E-state index < -0.39 is 12.5 Å². The Morgan fingerprint density at radius 3 is 1.03 bits per heavy atom. The van der Waals surface area contributed by atoms with Crippen molar-refractivity contribution in [2.45, 2.75) is 168 Å². The third-order valence-electron chi connectivity index (χ3n) is 6.01. The predicted octanol–water partition coefficient (Wildman–Crippen LogP) is 7.83. The summed E-state index contributed by atoms with van der Waals surface area (Å²) < 4.78 is 0. The van der Waals surface area contributed by atoms with Crippen LogP contribution in [-0.2, 0) is 0 Å². The first-order chi connectivity index (χ1) is 14.2. The molecule has 0 fully saturated rings. The second kappa shape index (κ2) is 24.2. The number of hydrogen-bond donors (Lipinski definition) is 3. The van der Waals surface area contributed by atoms with Gasteiger partial charge in [0.1, 0.15) is 12.5 Å². The van der Waals surface area contributed by atoms with E-state index >= 15 is 0 Å². The highest BCUT2D eigenvalue weighted by Crippen LogP contribution is 2.15. The van der Waals surface area contributed by atoms with Crippen LogP contribution in [0, 0.1) is 0 Å². The van der Waals surface area contributed by atoms with Gasteiger partial charge < -0.3 is 10.2 Å². The highest BCUT2D eigenvalue weighted by atomic mass is 16.3. The Morgan fingerprint density at radius 1 is 0.483 bits per heavy atom. The fraction of sp³-hybridized carbons (Fsp3) is 1.00. The minimum absolute atomic E-state index is 0.560. The van der Waals surface area contributed by atoms with Crippen LogP contribution in [0.4, 0.5) is 0 Å². The molecule has 0 rings (SSSR count). The summed E-state index contributed by atoms with van der Waals surface area (Å²) >= 11 is 0. The van der Waals surface area contributed by atoms with E-state index in [2.05, 4.69) is 12.2 Å². The average Bonchev–Trinajstić information content (AvgIpc) is 2.68. The smallest absolute Gasteiger partial charge is 0.106 e. The Kier molecular flexibility index (Phi) is 24.1. The monoisotopic (exact) mass is 413 g/mol. The van der Waals surface area contributed by atoms with E-state index in [1.165, 1.54) is 128 Å². The third-order valence-corrected chi connectivity index (χ3v) is 6.01. The zero-order chi connectivity index (χ0) is 21.4. The second-order valence-electron chi connectivity index (χ2n) is 9.22. The van der Waals surface area contributed by atoms with E-state index in [4.69, 9.17) is 5.11 Å². The lowest BCUT2D eigenvalue weighted by Gasteiger charge is -2.14. The summed E-state index contributed by atoms with van der Waals surface area (Å²) in [4.78, 5) is 0. The summed E-state index contributed by atoms with van der Waals surface area (Å²) in [6, 6.07) is 0. The van der Waals surface area contributed by atoms with E-state index in [-0.39, 0.29) is 0 Å². The molecule has 0 bridgehead atoms. The van der Waals surface area contributed by atoms with Gasteiger partial charge in [-0.2, -0.15) is 0 Å². The lowest BCUT2D eigenvalue weighted by atomic mass is 10.0. The van der Waals surface area contributed by atoms with Gasteiger partial charge >= 0.3 is 0 Å². The molecule has 2 atom stereocenters. The van der Waals surface area contributed by atoms with Gasteiger partial charge in [-0.05, 0) is 19.8 Å². The van der Waals surface area contributed by atoms with Gasteiger partial charge in [0.05, 0.1) is 0 Å². The van der Waals surface area contributed by atoms with Crippen LogP contribution in [0.5, 0.6) is 0 Å². The second-order valence-corrected chi connectivity index (χ2v) is 9.22. The van der Waals surface area contributed by atoms with E-state index in [1.807, 2.05) is 0 Å². The number of hydrogen-bond acceptors (Lipinski definition) is 3. The molecule has 3 heteroatoms. The van der Waals surface area contributed by atoms with Gasteiger partial charge in [0.15, 0.2) is 0 Å². The minimum atomic E-state index is -0.625. The van der Waals surface area contributed by atoms with Crippen LogP contribution in [-0.4, -0.2) is 22.7 Å². The number of aliphatic hydroxyl groups excluding tert-OH is 2. The predicted molar refractivity (Wildman–Crippen MR) is 128 cm³/mol. The molecule has 2 unspecified atom stereocenters. The van der Waals surface area contributed by atoms with Gasteiger partial charge in [-0.15, -0.1) is 0 Å². The summed E-state index contributed by atoms with van der Waals surface area (Å²) in [5, 5.41) is 21.4. The van der Waals surface area contributed by atoms with Crippen LogP contribution in [0.2, 0.25) is 0 Å². The fourth-order valence-corrected chi connectivity index (χ4v) is 4.13. The van der Waals surface area contributed by atoms with Crippen LogP contribution < -0.4 is 5.32 Å². The molecule has 3 N–H and O–H groups in total. The van der Waals surface area contributed by atoms with Gasteiger partial charge in [0, 0.05) is 0 Å². The molecule has 0 saturated heterocycles. The topological polar surface area (TPSA) is 52.5 Å². The first-order valence-electron chi connectivity index (χ1n) is 13.3. The van der Waals surface area contributed by atoms with Crippen molar-refractivity contribution in [1.82, 2.24) is 5.32 Å². The lowest BCUT2D eigenvalue weighted by Crippen LogP contribution is -2.35. The summed E-state index contributed by atoms with van der Waals surface area (Å²) in [6.07, 6.45) is 28.8. The highest BCUT2D eigenvalue weighted by Gasteiger charge is 2.05. The molecule has 0 aliphatic rings. The maximum absolute atomic E-state index is 9.61. The van der Waals surface area contributed by atoms with Crippen molar-refractivity contribution < 1.29 is 10.2 Å². The molecule has 0 aliphatic carbocycles.